The van der Waals surface area contributed by atoms with Gasteiger partial charge in [-0.2, -0.15) is 0 Å². The summed E-state index contributed by atoms with van der Waals surface area (Å²) in [5.74, 6) is 1.02. The van der Waals surface area contributed by atoms with E-state index in [9.17, 15) is 4.79 Å². The zero-order valence-corrected chi connectivity index (χ0v) is 12.9. The summed E-state index contributed by atoms with van der Waals surface area (Å²) in [5.41, 5.74) is 1.46. The van der Waals surface area contributed by atoms with E-state index in [0.29, 0.717) is 17.3 Å². The molecule has 2 rings (SSSR count). The lowest BCUT2D eigenvalue weighted by Crippen LogP contribution is -2.16. The maximum absolute atomic E-state index is 12.2. The molecule has 0 aliphatic rings. The van der Waals surface area contributed by atoms with Gasteiger partial charge in [-0.15, -0.1) is 5.10 Å². The number of carbonyl (C=O) groups is 1. The van der Waals surface area contributed by atoms with Gasteiger partial charge in [0.1, 0.15) is 11.6 Å². The smallest absolute Gasteiger partial charge is 0.295 e. The van der Waals surface area contributed by atoms with E-state index in [4.69, 9.17) is 4.74 Å². The van der Waals surface area contributed by atoms with E-state index < -0.39 is 0 Å². The zero-order chi connectivity index (χ0) is 15.6. The van der Waals surface area contributed by atoms with Gasteiger partial charge in [0.25, 0.3) is 5.91 Å². The number of methoxy groups -OCH3 is 1. The van der Waals surface area contributed by atoms with Gasteiger partial charge in [-0.3, -0.25) is 9.89 Å². The van der Waals surface area contributed by atoms with E-state index in [1.807, 2.05) is 39.8 Å². The molecule has 0 aliphatic heterocycles. The summed E-state index contributed by atoms with van der Waals surface area (Å²) < 4.78 is 5.26. The van der Waals surface area contributed by atoms with E-state index in [2.05, 4.69) is 20.5 Å². The largest absolute Gasteiger partial charge is 0.495 e. The Balaban J connectivity index is 2.20. The van der Waals surface area contributed by atoms with Crippen LogP contribution in [0.2, 0.25) is 0 Å². The second kappa shape index (κ2) is 5.55. The number of amides is 1. The Morgan fingerprint density at radius 1 is 1.33 bits per heavy atom. The van der Waals surface area contributed by atoms with Crippen molar-refractivity contribution in [3.05, 3.63) is 35.4 Å². The van der Waals surface area contributed by atoms with Gasteiger partial charge in [-0.1, -0.05) is 26.8 Å². The Hall–Kier alpha value is -2.37. The number of benzene rings is 1. The lowest BCUT2D eigenvalue weighted by Gasteiger charge is -2.13. The Morgan fingerprint density at radius 2 is 2.05 bits per heavy atom. The molecule has 1 heterocycles. The second-order valence-corrected chi connectivity index (χ2v) is 5.92. The van der Waals surface area contributed by atoms with Crippen molar-refractivity contribution in [2.75, 3.05) is 12.4 Å². The molecular weight excluding hydrogens is 268 g/mol. The van der Waals surface area contributed by atoms with Crippen molar-refractivity contribution in [1.29, 1.82) is 0 Å². The van der Waals surface area contributed by atoms with Crippen molar-refractivity contribution >= 4 is 11.6 Å². The first kappa shape index (κ1) is 15.0. The fourth-order valence-electron chi connectivity index (χ4n) is 1.78. The molecule has 0 bridgehead atoms. The minimum absolute atomic E-state index is 0.113. The predicted molar refractivity (Wildman–Crippen MR) is 80.8 cm³/mol. The van der Waals surface area contributed by atoms with E-state index in [-0.39, 0.29) is 17.1 Å². The van der Waals surface area contributed by atoms with Crippen molar-refractivity contribution in [2.45, 2.75) is 33.1 Å². The van der Waals surface area contributed by atoms with Crippen LogP contribution in [-0.4, -0.2) is 28.2 Å². The van der Waals surface area contributed by atoms with Gasteiger partial charge < -0.3 is 10.1 Å². The minimum Gasteiger partial charge on any atom is -0.495 e. The molecule has 112 valence electrons. The molecule has 21 heavy (non-hydrogen) atoms. The van der Waals surface area contributed by atoms with Crippen LogP contribution in [0.3, 0.4) is 0 Å². The van der Waals surface area contributed by atoms with Crippen LogP contribution in [0.5, 0.6) is 5.75 Å². The molecule has 0 aliphatic carbocycles. The Kier molecular flexibility index (Phi) is 3.97. The fourth-order valence-corrected chi connectivity index (χ4v) is 1.78. The van der Waals surface area contributed by atoms with Gasteiger partial charge in [0.2, 0.25) is 5.82 Å². The van der Waals surface area contributed by atoms with Crippen molar-refractivity contribution in [3.63, 3.8) is 0 Å². The quantitative estimate of drug-likeness (QED) is 0.910. The highest BCUT2D eigenvalue weighted by Crippen LogP contribution is 2.25. The lowest BCUT2D eigenvalue weighted by atomic mass is 9.96. The van der Waals surface area contributed by atoms with Crippen molar-refractivity contribution in [3.8, 4) is 5.75 Å². The summed E-state index contributed by atoms with van der Waals surface area (Å²) >= 11 is 0. The molecule has 6 nitrogen and oxygen atoms in total. The Labute approximate surface area is 123 Å². The number of aromatic amines is 1. The first-order valence-corrected chi connectivity index (χ1v) is 6.70. The molecule has 0 saturated heterocycles. The lowest BCUT2D eigenvalue weighted by molar-refractivity contribution is 0.101. The molecule has 2 N–H and O–H groups in total. The molecule has 0 saturated carbocycles. The maximum Gasteiger partial charge on any atom is 0.295 e. The molecule has 6 heteroatoms. The predicted octanol–water partition coefficient (Wildman–Crippen LogP) is 2.67. The first-order valence-electron chi connectivity index (χ1n) is 6.70. The summed E-state index contributed by atoms with van der Waals surface area (Å²) in [7, 11) is 1.56. The molecule has 0 spiro atoms. The summed E-state index contributed by atoms with van der Waals surface area (Å²) in [6, 6.07) is 5.55. The molecule has 0 radical (unpaired) electrons. The highest BCUT2D eigenvalue weighted by atomic mass is 16.5. The highest BCUT2D eigenvalue weighted by Gasteiger charge is 2.21. The third-order valence-electron chi connectivity index (χ3n) is 3.00. The molecule has 0 atom stereocenters. The van der Waals surface area contributed by atoms with Crippen molar-refractivity contribution in [1.82, 2.24) is 15.2 Å². The van der Waals surface area contributed by atoms with Gasteiger partial charge >= 0.3 is 0 Å². The number of anilines is 1. The third kappa shape index (κ3) is 3.39. The molecule has 0 unspecified atom stereocenters. The van der Waals surface area contributed by atoms with E-state index in [0.717, 1.165) is 5.56 Å². The molecular formula is C15H20N4O2. The molecule has 1 aromatic carbocycles. The zero-order valence-electron chi connectivity index (χ0n) is 12.9. The normalized spacial score (nSPS) is 11.3. The number of aryl methyl sites for hydroxylation is 1. The number of carbonyl (C=O) groups excluding carboxylic acids is 1. The number of H-pyrrole nitrogens is 1. The van der Waals surface area contributed by atoms with Crippen LogP contribution in [0.1, 0.15) is 42.8 Å². The maximum atomic E-state index is 12.2. The number of hydrogen-bond donors (Lipinski definition) is 2. The van der Waals surface area contributed by atoms with Crippen molar-refractivity contribution < 1.29 is 9.53 Å². The number of ether oxygens (including phenoxy) is 1. The molecule has 1 amide bonds. The topological polar surface area (TPSA) is 79.9 Å². The average molecular weight is 288 g/mol. The Morgan fingerprint density at radius 3 is 2.62 bits per heavy atom. The standard InChI is InChI=1S/C15H20N4O2/c1-9-6-7-10(11(8-9)21-5)16-13(20)12-17-14(19-18-12)15(2,3)4/h6-8H,1-5H3,(H,16,20)(H,17,18,19). The molecule has 0 fully saturated rings. The second-order valence-electron chi connectivity index (χ2n) is 5.92. The van der Waals surface area contributed by atoms with Crippen LogP contribution in [0, 0.1) is 6.92 Å². The summed E-state index contributed by atoms with van der Waals surface area (Å²) in [4.78, 5) is 16.4. The van der Waals surface area contributed by atoms with Crippen molar-refractivity contribution in [2.24, 2.45) is 0 Å². The van der Waals surface area contributed by atoms with Gasteiger partial charge in [0.15, 0.2) is 0 Å². The van der Waals surface area contributed by atoms with Gasteiger partial charge in [-0.25, -0.2) is 4.98 Å². The summed E-state index contributed by atoms with van der Waals surface area (Å²) in [6.07, 6.45) is 0. The van der Waals surface area contributed by atoms with Crippen LogP contribution in [0.15, 0.2) is 18.2 Å². The van der Waals surface area contributed by atoms with Crippen LogP contribution in [0.25, 0.3) is 0 Å². The molecule has 1 aromatic heterocycles. The fraction of sp³-hybridized carbons (Fsp3) is 0.400. The van der Waals surface area contributed by atoms with Crippen LogP contribution in [0.4, 0.5) is 5.69 Å². The number of nitrogens with one attached hydrogen (secondary N) is 2. The number of aromatic nitrogens is 3. The van der Waals surface area contributed by atoms with E-state index in [1.165, 1.54) is 0 Å². The third-order valence-corrected chi connectivity index (χ3v) is 3.00. The average Bonchev–Trinajstić information content (AvgIpc) is 2.90. The minimum atomic E-state index is -0.371. The summed E-state index contributed by atoms with van der Waals surface area (Å²) in [5, 5.41) is 9.52. The van der Waals surface area contributed by atoms with Gasteiger partial charge in [0.05, 0.1) is 12.8 Å². The highest BCUT2D eigenvalue weighted by molar-refractivity contribution is 6.02. The van der Waals surface area contributed by atoms with E-state index in [1.54, 1.807) is 13.2 Å². The van der Waals surface area contributed by atoms with Gasteiger partial charge in [-0.05, 0) is 24.6 Å². The van der Waals surface area contributed by atoms with Crippen LogP contribution < -0.4 is 10.1 Å². The van der Waals surface area contributed by atoms with Gasteiger partial charge in [0, 0.05) is 5.41 Å². The number of nitrogens with zero attached hydrogens (tertiary/aromatic N) is 2. The number of hydrogen-bond acceptors (Lipinski definition) is 4. The first-order chi connectivity index (χ1) is 9.81. The number of rotatable bonds is 3. The monoisotopic (exact) mass is 288 g/mol. The van der Waals surface area contributed by atoms with Crippen LogP contribution in [-0.2, 0) is 5.41 Å². The summed E-state index contributed by atoms with van der Waals surface area (Å²) in [6.45, 7) is 7.95. The van der Waals surface area contributed by atoms with E-state index >= 15 is 0 Å². The Bertz CT molecular complexity index is 656. The molecule has 2 aromatic rings. The SMILES string of the molecule is COc1cc(C)ccc1NC(=O)c1n[nH]c(C(C)(C)C)n1. The van der Waals surface area contributed by atoms with Crippen LogP contribution >= 0.6 is 0 Å².